The monoisotopic (exact) mass is 277 g/mol. The molecule has 0 amide bonds. The minimum absolute atomic E-state index is 0.101. The van der Waals surface area contributed by atoms with Crippen molar-refractivity contribution in [1.29, 1.82) is 0 Å². The Morgan fingerprint density at radius 1 is 1.24 bits per heavy atom. The van der Waals surface area contributed by atoms with E-state index < -0.39 is 15.8 Å². The Hall–Kier alpha value is -0.590. The molecule has 1 rings (SSSR count). The number of unbranched alkanes of at least 4 members (excludes halogenated alkanes) is 1. The van der Waals surface area contributed by atoms with Crippen LogP contribution in [0.15, 0.2) is 29.2 Å². The number of hydrogen-bond acceptors (Lipinski definition) is 3. The number of sulfonamides is 1. The third-order valence-electron chi connectivity index (χ3n) is 2.19. The maximum Gasteiger partial charge on any atom is 0.240 e. The fourth-order valence-electron chi connectivity index (χ4n) is 1.28. The van der Waals surface area contributed by atoms with Crippen LogP contribution in [0.3, 0.4) is 0 Å². The average Bonchev–Trinajstić information content (AvgIpc) is 2.29. The maximum atomic E-state index is 12.6. The van der Waals surface area contributed by atoms with E-state index in [-0.39, 0.29) is 4.90 Å². The highest BCUT2D eigenvalue weighted by atomic mass is 32.2. The minimum Gasteiger partial charge on any atom is -0.211 e. The number of hydrogen-bond donors (Lipinski definition) is 1. The van der Waals surface area contributed by atoms with Gasteiger partial charge in [-0.25, -0.2) is 17.5 Å². The van der Waals surface area contributed by atoms with E-state index in [0.717, 1.165) is 30.7 Å². The lowest BCUT2D eigenvalue weighted by atomic mass is 10.3. The second kappa shape index (κ2) is 6.98. The lowest BCUT2D eigenvalue weighted by Crippen LogP contribution is -2.24. The van der Waals surface area contributed by atoms with E-state index in [9.17, 15) is 12.8 Å². The number of nitrogens with one attached hydrogen (secondary N) is 1. The molecule has 0 aromatic heterocycles. The van der Waals surface area contributed by atoms with Gasteiger partial charge >= 0.3 is 0 Å². The van der Waals surface area contributed by atoms with Crippen molar-refractivity contribution < 1.29 is 12.8 Å². The van der Waals surface area contributed by atoms with Gasteiger partial charge in [-0.2, -0.15) is 11.8 Å². The Morgan fingerprint density at radius 2 is 1.88 bits per heavy atom. The van der Waals surface area contributed by atoms with Gasteiger partial charge in [0.2, 0.25) is 10.0 Å². The van der Waals surface area contributed by atoms with Crippen molar-refractivity contribution in [2.75, 3.05) is 18.6 Å². The third kappa shape index (κ3) is 5.06. The molecule has 0 saturated heterocycles. The van der Waals surface area contributed by atoms with Crippen molar-refractivity contribution in [2.24, 2.45) is 0 Å². The first-order chi connectivity index (χ1) is 8.06. The zero-order valence-electron chi connectivity index (χ0n) is 9.65. The van der Waals surface area contributed by atoms with Gasteiger partial charge in [-0.3, -0.25) is 0 Å². The lowest BCUT2D eigenvalue weighted by molar-refractivity contribution is 0.577. The van der Waals surface area contributed by atoms with E-state index in [1.807, 2.05) is 6.26 Å². The van der Waals surface area contributed by atoms with E-state index in [1.54, 1.807) is 11.8 Å². The van der Waals surface area contributed by atoms with Crippen LogP contribution in [0.1, 0.15) is 12.8 Å². The minimum atomic E-state index is -3.49. The van der Waals surface area contributed by atoms with E-state index in [4.69, 9.17) is 0 Å². The fraction of sp³-hybridized carbons (Fsp3) is 0.455. The third-order valence-corrected chi connectivity index (χ3v) is 4.37. The summed E-state index contributed by atoms with van der Waals surface area (Å²) in [5.74, 6) is 0.585. The summed E-state index contributed by atoms with van der Waals surface area (Å²) in [6.07, 6.45) is 3.80. The first-order valence-electron chi connectivity index (χ1n) is 5.30. The molecule has 6 heteroatoms. The van der Waals surface area contributed by atoms with Crippen molar-refractivity contribution in [3.05, 3.63) is 30.1 Å². The van der Waals surface area contributed by atoms with Gasteiger partial charge in [0.1, 0.15) is 5.82 Å². The van der Waals surface area contributed by atoms with Gasteiger partial charge in [-0.1, -0.05) is 0 Å². The SMILES string of the molecule is CSCCCCNS(=O)(=O)c1ccc(F)cc1. The highest BCUT2D eigenvalue weighted by molar-refractivity contribution is 7.98. The molecule has 0 saturated carbocycles. The molecule has 0 heterocycles. The Labute approximate surface area is 106 Å². The van der Waals surface area contributed by atoms with Crippen LogP contribution in [0.25, 0.3) is 0 Å². The van der Waals surface area contributed by atoms with Crippen molar-refractivity contribution in [1.82, 2.24) is 4.72 Å². The molecule has 0 fully saturated rings. The summed E-state index contributed by atoms with van der Waals surface area (Å²) >= 11 is 1.74. The smallest absolute Gasteiger partial charge is 0.211 e. The van der Waals surface area contributed by atoms with E-state index in [1.165, 1.54) is 12.1 Å². The number of halogens is 1. The molecular weight excluding hydrogens is 261 g/mol. The molecule has 0 spiro atoms. The topological polar surface area (TPSA) is 46.2 Å². The quantitative estimate of drug-likeness (QED) is 0.778. The molecule has 0 aliphatic rings. The number of benzene rings is 1. The largest absolute Gasteiger partial charge is 0.240 e. The number of thioether (sulfide) groups is 1. The van der Waals surface area contributed by atoms with Crippen LogP contribution in [-0.4, -0.2) is 27.0 Å². The highest BCUT2D eigenvalue weighted by Gasteiger charge is 2.12. The average molecular weight is 277 g/mol. The molecule has 0 aliphatic carbocycles. The van der Waals surface area contributed by atoms with Gasteiger partial charge in [-0.15, -0.1) is 0 Å². The summed E-state index contributed by atoms with van der Waals surface area (Å²) in [5.41, 5.74) is 0. The van der Waals surface area contributed by atoms with Crippen LogP contribution in [0.5, 0.6) is 0 Å². The summed E-state index contributed by atoms with van der Waals surface area (Å²) in [5, 5.41) is 0. The summed E-state index contributed by atoms with van der Waals surface area (Å²) in [6.45, 7) is 0.417. The van der Waals surface area contributed by atoms with Crippen LogP contribution in [0.4, 0.5) is 4.39 Å². The Morgan fingerprint density at radius 3 is 2.47 bits per heavy atom. The first-order valence-corrected chi connectivity index (χ1v) is 8.18. The predicted molar refractivity (Wildman–Crippen MR) is 69.2 cm³/mol. The lowest BCUT2D eigenvalue weighted by Gasteiger charge is -2.06. The van der Waals surface area contributed by atoms with Gasteiger partial charge < -0.3 is 0 Å². The molecule has 1 aromatic rings. The van der Waals surface area contributed by atoms with Crippen LogP contribution in [0.2, 0.25) is 0 Å². The Kier molecular flexibility index (Phi) is 5.94. The summed E-state index contributed by atoms with van der Waals surface area (Å²) in [6, 6.07) is 4.81. The summed E-state index contributed by atoms with van der Waals surface area (Å²) in [4.78, 5) is 0.101. The van der Waals surface area contributed by atoms with Gasteiger partial charge in [0.05, 0.1) is 4.90 Å². The summed E-state index contributed by atoms with van der Waals surface area (Å²) in [7, 11) is -3.49. The van der Waals surface area contributed by atoms with Crippen LogP contribution in [-0.2, 0) is 10.0 Å². The van der Waals surface area contributed by atoms with Crippen molar-refractivity contribution in [3.63, 3.8) is 0 Å². The molecule has 0 atom stereocenters. The van der Waals surface area contributed by atoms with Crippen molar-refractivity contribution >= 4 is 21.8 Å². The van der Waals surface area contributed by atoms with Crippen LogP contribution >= 0.6 is 11.8 Å². The normalized spacial score (nSPS) is 11.6. The molecule has 0 unspecified atom stereocenters. The molecule has 1 N–H and O–H groups in total. The second-order valence-corrected chi connectivity index (χ2v) is 6.30. The van der Waals surface area contributed by atoms with Gasteiger partial charge in [-0.05, 0) is 49.1 Å². The van der Waals surface area contributed by atoms with Crippen molar-refractivity contribution in [3.8, 4) is 0 Å². The van der Waals surface area contributed by atoms with E-state index in [2.05, 4.69) is 4.72 Å². The maximum absolute atomic E-state index is 12.6. The molecular formula is C11H16FNO2S2. The zero-order chi connectivity index (χ0) is 12.7. The van der Waals surface area contributed by atoms with Gasteiger partial charge in [0, 0.05) is 6.54 Å². The van der Waals surface area contributed by atoms with Gasteiger partial charge in [0.15, 0.2) is 0 Å². The molecule has 0 bridgehead atoms. The fourth-order valence-corrected chi connectivity index (χ4v) is 2.84. The zero-order valence-corrected chi connectivity index (χ0v) is 11.3. The molecule has 0 radical (unpaired) electrons. The summed E-state index contributed by atoms with van der Waals surface area (Å²) < 4.78 is 38.6. The molecule has 96 valence electrons. The Bertz CT molecular complexity index is 431. The van der Waals surface area contributed by atoms with Crippen LogP contribution in [0, 0.1) is 5.82 Å². The van der Waals surface area contributed by atoms with E-state index >= 15 is 0 Å². The first kappa shape index (κ1) is 14.5. The molecule has 3 nitrogen and oxygen atoms in total. The molecule has 0 aliphatic heterocycles. The second-order valence-electron chi connectivity index (χ2n) is 3.55. The molecule has 1 aromatic carbocycles. The standard InChI is InChI=1S/C11H16FNO2S2/c1-16-9-3-2-8-13-17(14,15)11-6-4-10(12)5-7-11/h4-7,13H,2-3,8-9H2,1H3. The number of rotatable bonds is 7. The molecule has 17 heavy (non-hydrogen) atoms. The Balaban J connectivity index is 2.48. The van der Waals surface area contributed by atoms with E-state index in [0.29, 0.717) is 6.54 Å². The predicted octanol–water partition coefficient (Wildman–Crippen LogP) is 2.25. The van der Waals surface area contributed by atoms with Gasteiger partial charge in [0.25, 0.3) is 0 Å². The highest BCUT2D eigenvalue weighted by Crippen LogP contribution is 2.09. The van der Waals surface area contributed by atoms with Crippen molar-refractivity contribution in [2.45, 2.75) is 17.7 Å². The van der Waals surface area contributed by atoms with Crippen LogP contribution < -0.4 is 4.72 Å².